The average Bonchev–Trinajstić information content (AvgIpc) is 2.95. The standard InChI is InChI=1S/C23H20ClFN2O.ClH/c1-15-16(2)27(13-17-3-7-19(24)8-4-17)23-21(11-12-26-22(15)23)28-14-18-5-9-20(25)10-6-18;/h3-12H,13-14H2,1-2H3;1H. The predicted octanol–water partition coefficient (Wildman–Crippen LogP) is 6.49. The van der Waals surface area contributed by atoms with Crippen molar-refractivity contribution in [3.05, 3.63) is 94.0 Å². The molecular formula is C23H21Cl2FN2O. The van der Waals surface area contributed by atoms with Crippen molar-refractivity contribution in [3.63, 3.8) is 0 Å². The van der Waals surface area contributed by atoms with Crippen molar-refractivity contribution in [1.82, 2.24) is 9.55 Å². The van der Waals surface area contributed by atoms with Crippen molar-refractivity contribution in [2.75, 3.05) is 0 Å². The van der Waals surface area contributed by atoms with Crippen LogP contribution in [0.25, 0.3) is 11.0 Å². The first-order valence-corrected chi connectivity index (χ1v) is 9.47. The van der Waals surface area contributed by atoms with Gasteiger partial charge in [-0.1, -0.05) is 35.9 Å². The van der Waals surface area contributed by atoms with Crippen LogP contribution in [-0.2, 0) is 13.2 Å². The number of aryl methyl sites for hydroxylation is 1. The highest BCUT2D eigenvalue weighted by Crippen LogP contribution is 2.32. The maximum Gasteiger partial charge on any atom is 0.147 e. The number of fused-ring (bicyclic) bond motifs is 1. The molecule has 150 valence electrons. The number of hydrogen-bond donors (Lipinski definition) is 0. The molecule has 0 aliphatic heterocycles. The molecule has 0 amide bonds. The maximum atomic E-state index is 13.1. The van der Waals surface area contributed by atoms with Crippen LogP contribution >= 0.6 is 24.0 Å². The third-order valence-electron chi connectivity index (χ3n) is 5.02. The maximum absolute atomic E-state index is 13.1. The lowest BCUT2D eigenvalue weighted by Gasteiger charge is -2.13. The van der Waals surface area contributed by atoms with Gasteiger partial charge in [0, 0.05) is 29.5 Å². The molecule has 0 aliphatic carbocycles. The Morgan fingerprint density at radius 3 is 2.31 bits per heavy atom. The van der Waals surface area contributed by atoms with Crippen molar-refractivity contribution in [2.24, 2.45) is 0 Å². The van der Waals surface area contributed by atoms with Crippen molar-refractivity contribution in [3.8, 4) is 5.75 Å². The van der Waals surface area contributed by atoms with Crippen LogP contribution in [0.5, 0.6) is 5.75 Å². The molecule has 0 aliphatic rings. The van der Waals surface area contributed by atoms with Crippen LogP contribution in [0.15, 0.2) is 60.8 Å². The monoisotopic (exact) mass is 430 g/mol. The van der Waals surface area contributed by atoms with Gasteiger partial charge in [-0.05, 0) is 54.8 Å². The molecule has 6 heteroatoms. The quantitative estimate of drug-likeness (QED) is 0.361. The summed E-state index contributed by atoms with van der Waals surface area (Å²) in [7, 11) is 0. The van der Waals surface area contributed by atoms with Crippen LogP contribution in [-0.4, -0.2) is 9.55 Å². The minimum atomic E-state index is -0.252. The molecule has 29 heavy (non-hydrogen) atoms. The lowest BCUT2D eigenvalue weighted by Crippen LogP contribution is -2.04. The number of pyridine rings is 1. The molecule has 2 heterocycles. The molecule has 0 saturated heterocycles. The molecule has 2 aromatic heterocycles. The van der Waals surface area contributed by atoms with E-state index in [4.69, 9.17) is 16.3 Å². The molecule has 2 aromatic carbocycles. The number of hydrogen-bond acceptors (Lipinski definition) is 2. The number of benzene rings is 2. The highest BCUT2D eigenvalue weighted by molar-refractivity contribution is 6.30. The summed E-state index contributed by atoms with van der Waals surface area (Å²) >= 11 is 6.02. The number of nitrogens with zero attached hydrogens (tertiary/aromatic N) is 2. The minimum absolute atomic E-state index is 0. The van der Waals surface area contributed by atoms with Crippen molar-refractivity contribution < 1.29 is 9.13 Å². The molecule has 0 radical (unpaired) electrons. The highest BCUT2D eigenvalue weighted by Gasteiger charge is 2.17. The van der Waals surface area contributed by atoms with E-state index in [1.54, 1.807) is 18.3 Å². The van der Waals surface area contributed by atoms with Gasteiger partial charge in [0.15, 0.2) is 0 Å². The van der Waals surface area contributed by atoms with Gasteiger partial charge in [0.2, 0.25) is 0 Å². The summed E-state index contributed by atoms with van der Waals surface area (Å²) in [6.45, 7) is 5.24. The van der Waals surface area contributed by atoms with E-state index in [1.165, 1.54) is 12.1 Å². The molecular weight excluding hydrogens is 410 g/mol. The van der Waals surface area contributed by atoms with Gasteiger partial charge in [-0.15, -0.1) is 12.4 Å². The Bertz CT molecular complexity index is 1120. The zero-order valence-electron chi connectivity index (χ0n) is 16.2. The normalized spacial score (nSPS) is 10.8. The molecule has 0 fully saturated rings. The fourth-order valence-corrected chi connectivity index (χ4v) is 3.47. The fourth-order valence-electron chi connectivity index (χ4n) is 3.34. The zero-order chi connectivity index (χ0) is 19.7. The molecule has 3 nitrogen and oxygen atoms in total. The largest absolute Gasteiger partial charge is 0.487 e. The first-order chi connectivity index (χ1) is 13.5. The Kier molecular flexibility index (Phi) is 6.46. The molecule has 0 atom stereocenters. The summed E-state index contributed by atoms with van der Waals surface area (Å²) in [5, 5.41) is 0.721. The van der Waals surface area contributed by atoms with Gasteiger partial charge in [0.25, 0.3) is 0 Å². The lowest BCUT2D eigenvalue weighted by molar-refractivity contribution is 0.308. The lowest BCUT2D eigenvalue weighted by atomic mass is 10.2. The Hall–Kier alpha value is -2.56. The minimum Gasteiger partial charge on any atom is -0.487 e. The molecule has 0 saturated carbocycles. The Morgan fingerprint density at radius 1 is 0.966 bits per heavy atom. The Morgan fingerprint density at radius 2 is 1.62 bits per heavy atom. The van der Waals surface area contributed by atoms with Crippen molar-refractivity contribution >= 4 is 35.0 Å². The zero-order valence-corrected chi connectivity index (χ0v) is 17.7. The summed E-state index contributed by atoms with van der Waals surface area (Å²) in [5.74, 6) is 0.512. The molecule has 4 rings (SSSR count). The SMILES string of the molecule is Cc1c(C)n(Cc2ccc(Cl)cc2)c2c(OCc3ccc(F)cc3)ccnc12.Cl. The van der Waals surface area contributed by atoms with Gasteiger partial charge in [-0.3, -0.25) is 4.98 Å². The van der Waals surface area contributed by atoms with Crippen LogP contribution in [0.3, 0.4) is 0 Å². The van der Waals surface area contributed by atoms with E-state index in [0.29, 0.717) is 13.2 Å². The highest BCUT2D eigenvalue weighted by atomic mass is 35.5. The average molecular weight is 431 g/mol. The van der Waals surface area contributed by atoms with Crippen molar-refractivity contribution in [2.45, 2.75) is 27.0 Å². The molecule has 0 unspecified atom stereocenters. The van der Waals surface area contributed by atoms with Crippen LogP contribution in [0.1, 0.15) is 22.4 Å². The summed E-state index contributed by atoms with van der Waals surface area (Å²) in [6, 6.07) is 16.1. The van der Waals surface area contributed by atoms with Crippen molar-refractivity contribution in [1.29, 1.82) is 0 Å². The van der Waals surface area contributed by atoms with E-state index >= 15 is 0 Å². The number of rotatable bonds is 5. The van der Waals surface area contributed by atoms with Crippen LogP contribution < -0.4 is 4.74 Å². The van der Waals surface area contributed by atoms with E-state index in [9.17, 15) is 4.39 Å². The Labute approximate surface area is 180 Å². The van der Waals surface area contributed by atoms with E-state index in [-0.39, 0.29) is 18.2 Å². The number of aromatic nitrogens is 2. The summed E-state index contributed by atoms with van der Waals surface area (Å²) in [5.41, 5.74) is 6.25. The molecule has 4 aromatic rings. The summed E-state index contributed by atoms with van der Waals surface area (Å²) in [6.07, 6.45) is 1.77. The number of ether oxygens (including phenoxy) is 1. The van der Waals surface area contributed by atoms with Gasteiger partial charge in [-0.2, -0.15) is 0 Å². The predicted molar refractivity (Wildman–Crippen MR) is 118 cm³/mol. The van der Waals surface area contributed by atoms with E-state index in [1.807, 2.05) is 30.3 Å². The third-order valence-corrected chi connectivity index (χ3v) is 5.27. The van der Waals surface area contributed by atoms with Gasteiger partial charge < -0.3 is 9.30 Å². The van der Waals surface area contributed by atoms with Crippen LogP contribution in [0.2, 0.25) is 5.02 Å². The Balaban J connectivity index is 0.00000240. The first kappa shape index (κ1) is 21.2. The van der Waals surface area contributed by atoms with E-state index in [2.05, 4.69) is 23.4 Å². The molecule has 0 spiro atoms. The third kappa shape index (κ3) is 4.39. The van der Waals surface area contributed by atoms with Gasteiger partial charge in [0.05, 0.1) is 5.52 Å². The molecule has 0 bridgehead atoms. The topological polar surface area (TPSA) is 27.1 Å². The first-order valence-electron chi connectivity index (χ1n) is 9.09. The number of halogens is 3. The second-order valence-corrected chi connectivity index (χ2v) is 7.28. The second-order valence-electron chi connectivity index (χ2n) is 6.84. The van der Waals surface area contributed by atoms with E-state index in [0.717, 1.165) is 44.2 Å². The van der Waals surface area contributed by atoms with Gasteiger partial charge in [-0.25, -0.2) is 4.39 Å². The second kappa shape index (κ2) is 8.85. The molecule has 0 N–H and O–H groups in total. The summed E-state index contributed by atoms with van der Waals surface area (Å²) in [4.78, 5) is 4.57. The fraction of sp³-hybridized carbons (Fsp3) is 0.174. The van der Waals surface area contributed by atoms with E-state index < -0.39 is 0 Å². The van der Waals surface area contributed by atoms with Gasteiger partial charge >= 0.3 is 0 Å². The van der Waals surface area contributed by atoms with Gasteiger partial charge in [0.1, 0.15) is 23.7 Å². The van der Waals surface area contributed by atoms with Crippen LogP contribution in [0.4, 0.5) is 4.39 Å². The summed E-state index contributed by atoms with van der Waals surface area (Å²) < 4.78 is 21.5. The van der Waals surface area contributed by atoms with Crippen LogP contribution in [0, 0.1) is 19.7 Å². The smallest absolute Gasteiger partial charge is 0.147 e.